The standard InChI is InChI=1S/C13H25NO3/c1-14(2,3)10-9-13(17,12(15)16)11-7-5-4-6-8-11/h11,17H,4-10H2,1-3H3/p+1. The normalized spacial score (nSPS) is 22.1. The monoisotopic (exact) mass is 244 g/mol. The Morgan fingerprint density at radius 3 is 2.18 bits per heavy atom. The largest absolute Gasteiger partial charge is 0.479 e. The van der Waals surface area contributed by atoms with E-state index in [1.807, 2.05) is 21.1 Å². The molecule has 1 saturated carbocycles. The molecule has 1 fully saturated rings. The van der Waals surface area contributed by atoms with Gasteiger partial charge in [0.25, 0.3) is 0 Å². The van der Waals surface area contributed by atoms with Gasteiger partial charge in [-0.15, -0.1) is 0 Å². The van der Waals surface area contributed by atoms with Crippen molar-refractivity contribution in [2.24, 2.45) is 5.92 Å². The molecule has 0 aromatic carbocycles. The van der Waals surface area contributed by atoms with Crippen LogP contribution in [0.2, 0.25) is 0 Å². The lowest BCUT2D eigenvalue weighted by Gasteiger charge is -2.36. The second kappa shape index (κ2) is 5.36. The number of carboxylic acid groups (broad SMARTS) is 1. The molecule has 0 spiro atoms. The Morgan fingerprint density at radius 2 is 1.76 bits per heavy atom. The van der Waals surface area contributed by atoms with E-state index in [-0.39, 0.29) is 5.92 Å². The van der Waals surface area contributed by atoms with Gasteiger partial charge in [-0.25, -0.2) is 4.79 Å². The average Bonchev–Trinajstić information content (AvgIpc) is 2.26. The van der Waals surface area contributed by atoms with Gasteiger partial charge in [0.05, 0.1) is 27.7 Å². The van der Waals surface area contributed by atoms with Crippen molar-refractivity contribution in [3.05, 3.63) is 0 Å². The van der Waals surface area contributed by atoms with Gasteiger partial charge in [0.15, 0.2) is 5.60 Å². The zero-order valence-corrected chi connectivity index (χ0v) is 11.3. The smallest absolute Gasteiger partial charge is 0.336 e. The molecule has 2 N–H and O–H groups in total. The first-order valence-electron chi connectivity index (χ1n) is 6.52. The van der Waals surface area contributed by atoms with Gasteiger partial charge >= 0.3 is 5.97 Å². The van der Waals surface area contributed by atoms with E-state index in [1.54, 1.807) is 0 Å². The molecule has 17 heavy (non-hydrogen) atoms. The van der Waals surface area contributed by atoms with E-state index in [0.29, 0.717) is 17.4 Å². The number of hydrogen-bond donors (Lipinski definition) is 2. The van der Waals surface area contributed by atoms with Crippen molar-refractivity contribution >= 4 is 5.97 Å². The molecule has 0 aromatic heterocycles. The number of aliphatic hydroxyl groups is 1. The molecule has 0 bridgehead atoms. The minimum atomic E-state index is -1.52. The Hall–Kier alpha value is -0.610. The first kappa shape index (κ1) is 14.5. The van der Waals surface area contributed by atoms with Crippen LogP contribution in [0.4, 0.5) is 0 Å². The summed E-state index contributed by atoms with van der Waals surface area (Å²) in [5, 5.41) is 19.8. The zero-order valence-electron chi connectivity index (χ0n) is 11.3. The summed E-state index contributed by atoms with van der Waals surface area (Å²) in [5.41, 5.74) is -1.52. The number of nitrogens with zero attached hydrogens (tertiary/aromatic N) is 1. The molecule has 1 rings (SSSR count). The molecule has 0 amide bonds. The number of hydrogen-bond acceptors (Lipinski definition) is 2. The lowest BCUT2D eigenvalue weighted by Crippen LogP contribution is -2.50. The lowest BCUT2D eigenvalue weighted by molar-refractivity contribution is -0.871. The van der Waals surface area contributed by atoms with Gasteiger partial charge in [0.2, 0.25) is 0 Å². The Labute approximate surface area is 104 Å². The summed E-state index contributed by atoms with van der Waals surface area (Å²) in [7, 11) is 6.05. The number of carboxylic acids is 1. The molecule has 4 nitrogen and oxygen atoms in total. The Balaban J connectivity index is 2.70. The molecule has 1 aliphatic carbocycles. The maximum absolute atomic E-state index is 11.4. The van der Waals surface area contributed by atoms with Crippen molar-refractivity contribution in [2.75, 3.05) is 27.7 Å². The number of quaternary nitrogens is 1. The van der Waals surface area contributed by atoms with E-state index in [9.17, 15) is 15.0 Å². The molecule has 0 heterocycles. The Bertz CT molecular complexity index is 266. The van der Waals surface area contributed by atoms with Gasteiger partial charge in [-0.05, 0) is 18.8 Å². The quantitative estimate of drug-likeness (QED) is 0.720. The highest BCUT2D eigenvalue weighted by molar-refractivity contribution is 5.77. The van der Waals surface area contributed by atoms with E-state index in [0.717, 1.165) is 25.7 Å². The summed E-state index contributed by atoms with van der Waals surface area (Å²) >= 11 is 0. The summed E-state index contributed by atoms with van der Waals surface area (Å²) < 4.78 is 0.683. The third-order valence-electron chi connectivity index (χ3n) is 3.81. The topological polar surface area (TPSA) is 57.5 Å². The first-order chi connectivity index (χ1) is 7.76. The summed E-state index contributed by atoms with van der Waals surface area (Å²) in [5.74, 6) is -1.11. The molecule has 1 unspecified atom stereocenters. The van der Waals surface area contributed by atoms with Gasteiger partial charge in [0, 0.05) is 6.42 Å². The van der Waals surface area contributed by atoms with Crippen LogP contribution in [0.5, 0.6) is 0 Å². The molecule has 1 aliphatic rings. The third-order valence-corrected chi connectivity index (χ3v) is 3.81. The minimum absolute atomic E-state index is 0.0692. The summed E-state index contributed by atoms with van der Waals surface area (Å²) in [6.07, 6.45) is 5.30. The molecular weight excluding hydrogens is 218 g/mol. The van der Waals surface area contributed by atoms with Crippen LogP contribution in [0.25, 0.3) is 0 Å². The van der Waals surface area contributed by atoms with E-state index < -0.39 is 11.6 Å². The van der Waals surface area contributed by atoms with Gasteiger partial charge in [-0.2, -0.15) is 0 Å². The van der Waals surface area contributed by atoms with Gasteiger partial charge in [-0.3, -0.25) is 0 Å². The second-order valence-electron chi connectivity index (χ2n) is 6.33. The summed E-state index contributed by atoms with van der Waals surface area (Å²) in [6.45, 7) is 0.680. The molecule has 1 atom stereocenters. The van der Waals surface area contributed by atoms with Crippen LogP contribution in [0.3, 0.4) is 0 Å². The second-order valence-corrected chi connectivity index (χ2v) is 6.33. The fourth-order valence-corrected chi connectivity index (χ4v) is 2.57. The van der Waals surface area contributed by atoms with Gasteiger partial charge in [0.1, 0.15) is 0 Å². The first-order valence-corrected chi connectivity index (χ1v) is 6.52. The van der Waals surface area contributed by atoms with Crippen molar-refractivity contribution in [1.29, 1.82) is 0 Å². The highest BCUT2D eigenvalue weighted by atomic mass is 16.4. The highest BCUT2D eigenvalue weighted by Gasteiger charge is 2.45. The van der Waals surface area contributed by atoms with Crippen molar-refractivity contribution in [1.82, 2.24) is 0 Å². The van der Waals surface area contributed by atoms with Crippen molar-refractivity contribution in [3.63, 3.8) is 0 Å². The average molecular weight is 244 g/mol. The number of rotatable bonds is 5. The maximum Gasteiger partial charge on any atom is 0.336 e. The van der Waals surface area contributed by atoms with Crippen LogP contribution in [0, 0.1) is 5.92 Å². The predicted octanol–water partition coefficient (Wildman–Crippen LogP) is 1.48. The fraction of sp³-hybridized carbons (Fsp3) is 0.923. The van der Waals surface area contributed by atoms with Gasteiger partial charge < -0.3 is 14.7 Å². The van der Waals surface area contributed by atoms with Crippen LogP contribution in [-0.4, -0.2) is 54.0 Å². The van der Waals surface area contributed by atoms with Crippen LogP contribution in [0.15, 0.2) is 0 Å². The molecule has 0 aromatic rings. The molecule has 100 valence electrons. The van der Waals surface area contributed by atoms with E-state index >= 15 is 0 Å². The lowest BCUT2D eigenvalue weighted by atomic mass is 9.75. The van der Waals surface area contributed by atoms with E-state index in [1.165, 1.54) is 6.42 Å². The van der Waals surface area contributed by atoms with Gasteiger partial charge in [-0.1, -0.05) is 19.3 Å². The van der Waals surface area contributed by atoms with Crippen LogP contribution < -0.4 is 0 Å². The van der Waals surface area contributed by atoms with Crippen LogP contribution >= 0.6 is 0 Å². The van der Waals surface area contributed by atoms with E-state index in [4.69, 9.17) is 0 Å². The molecule has 0 saturated heterocycles. The van der Waals surface area contributed by atoms with Crippen LogP contribution in [-0.2, 0) is 4.79 Å². The van der Waals surface area contributed by atoms with E-state index in [2.05, 4.69) is 0 Å². The number of carbonyl (C=O) groups is 1. The van der Waals surface area contributed by atoms with Crippen molar-refractivity contribution in [2.45, 2.75) is 44.1 Å². The maximum atomic E-state index is 11.4. The number of aliphatic carboxylic acids is 1. The van der Waals surface area contributed by atoms with Crippen molar-refractivity contribution < 1.29 is 19.5 Å². The highest BCUT2D eigenvalue weighted by Crippen LogP contribution is 2.35. The Kier molecular flexibility index (Phi) is 4.55. The van der Waals surface area contributed by atoms with Crippen LogP contribution in [0.1, 0.15) is 38.5 Å². The predicted molar refractivity (Wildman–Crippen MR) is 66.7 cm³/mol. The third kappa shape index (κ3) is 3.96. The Morgan fingerprint density at radius 1 is 1.24 bits per heavy atom. The molecule has 0 radical (unpaired) electrons. The molecule has 4 heteroatoms. The SMILES string of the molecule is C[N+](C)(C)CCC(O)(C(=O)O)C1CCCCC1. The zero-order chi connectivity index (χ0) is 13.1. The molecule has 0 aliphatic heterocycles. The summed E-state index contributed by atoms with van der Waals surface area (Å²) in [6, 6.07) is 0. The fourth-order valence-electron chi connectivity index (χ4n) is 2.57. The van der Waals surface area contributed by atoms with Crippen molar-refractivity contribution in [3.8, 4) is 0 Å². The summed E-state index contributed by atoms with van der Waals surface area (Å²) in [4.78, 5) is 11.4. The molecular formula is C13H26NO3+. The minimum Gasteiger partial charge on any atom is -0.479 e.